The van der Waals surface area contributed by atoms with E-state index in [1.807, 2.05) is 13.8 Å². The fourth-order valence-electron chi connectivity index (χ4n) is 3.72. The molecule has 9 heteroatoms. The van der Waals surface area contributed by atoms with E-state index < -0.39 is 10.0 Å². The summed E-state index contributed by atoms with van der Waals surface area (Å²) in [5, 5.41) is 8.71. The molecule has 2 atom stereocenters. The molecule has 156 valence electrons. The van der Waals surface area contributed by atoms with Gasteiger partial charge in [-0.05, 0) is 41.3 Å². The first-order valence-electron chi connectivity index (χ1n) is 8.86. The zero-order chi connectivity index (χ0) is 21.6. The predicted molar refractivity (Wildman–Crippen MR) is 110 cm³/mol. The summed E-state index contributed by atoms with van der Waals surface area (Å²) >= 11 is 6.03. The lowest BCUT2D eigenvalue weighted by molar-refractivity contribution is 0.0943. The summed E-state index contributed by atoms with van der Waals surface area (Å²) in [6.07, 6.45) is 0. The molecule has 1 saturated carbocycles. The second-order valence-corrected chi connectivity index (χ2v) is 9.52. The van der Waals surface area contributed by atoms with Crippen LogP contribution in [0.5, 0.6) is 11.5 Å². The fraction of sp³-hybridized carbons (Fsp3) is 0.350. The maximum Gasteiger partial charge on any atom is 0.255 e. The SMILES string of the molecule is COc1ccc(Cl)cc1C(=O)N[C@H]1[C@H](c2ccc(S(N)(=O)=O)c(OC)c2)C1(C)C. The Morgan fingerprint density at radius 1 is 1.10 bits per heavy atom. The van der Waals surface area contributed by atoms with E-state index in [1.54, 1.807) is 30.3 Å². The first-order chi connectivity index (χ1) is 13.5. The van der Waals surface area contributed by atoms with Gasteiger partial charge in [-0.1, -0.05) is 31.5 Å². The molecule has 3 N–H and O–H groups in total. The van der Waals surface area contributed by atoms with Gasteiger partial charge in [0.2, 0.25) is 10.0 Å². The minimum absolute atomic E-state index is 0.0277. The summed E-state index contributed by atoms with van der Waals surface area (Å²) in [7, 11) is -1.02. The van der Waals surface area contributed by atoms with Gasteiger partial charge in [0.1, 0.15) is 16.4 Å². The maximum atomic E-state index is 12.8. The van der Waals surface area contributed by atoms with E-state index in [1.165, 1.54) is 20.3 Å². The van der Waals surface area contributed by atoms with Gasteiger partial charge in [0.05, 0.1) is 19.8 Å². The van der Waals surface area contributed by atoms with Crippen molar-refractivity contribution in [3.05, 3.63) is 52.5 Å². The molecule has 1 aliphatic carbocycles. The van der Waals surface area contributed by atoms with Crippen LogP contribution in [0, 0.1) is 5.41 Å². The second kappa shape index (κ2) is 7.51. The van der Waals surface area contributed by atoms with E-state index in [9.17, 15) is 13.2 Å². The Morgan fingerprint density at radius 2 is 1.76 bits per heavy atom. The van der Waals surface area contributed by atoms with Crippen LogP contribution in [0.3, 0.4) is 0 Å². The third kappa shape index (κ3) is 4.05. The first-order valence-corrected chi connectivity index (χ1v) is 10.8. The zero-order valence-corrected chi connectivity index (χ0v) is 18.1. The summed E-state index contributed by atoms with van der Waals surface area (Å²) in [6.45, 7) is 4.05. The van der Waals surface area contributed by atoms with Crippen LogP contribution < -0.4 is 19.9 Å². The lowest BCUT2D eigenvalue weighted by Crippen LogP contribution is -2.29. The number of primary sulfonamides is 1. The average Bonchev–Trinajstić information content (AvgIpc) is 3.20. The third-order valence-electron chi connectivity index (χ3n) is 5.37. The number of halogens is 1. The van der Waals surface area contributed by atoms with E-state index in [0.717, 1.165) is 5.56 Å². The van der Waals surface area contributed by atoms with E-state index in [0.29, 0.717) is 16.3 Å². The number of rotatable bonds is 6. The molecule has 3 rings (SSSR count). The number of hydrogen-bond donors (Lipinski definition) is 2. The Balaban J connectivity index is 1.87. The fourth-order valence-corrected chi connectivity index (χ4v) is 4.57. The topological polar surface area (TPSA) is 108 Å². The van der Waals surface area contributed by atoms with Gasteiger partial charge < -0.3 is 14.8 Å². The number of nitrogens with one attached hydrogen (secondary N) is 1. The number of ether oxygens (including phenoxy) is 2. The van der Waals surface area contributed by atoms with Gasteiger partial charge in [0.15, 0.2) is 0 Å². The highest BCUT2D eigenvalue weighted by atomic mass is 35.5. The van der Waals surface area contributed by atoms with Gasteiger partial charge in [0.25, 0.3) is 5.91 Å². The van der Waals surface area contributed by atoms with Crippen molar-refractivity contribution in [2.75, 3.05) is 14.2 Å². The Hall–Kier alpha value is -2.29. The van der Waals surface area contributed by atoms with Gasteiger partial charge in [0, 0.05) is 17.0 Å². The Kier molecular flexibility index (Phi) is 5.55. The lowest BCUT2D eigenvalue weighted by Gasteiger charge is -2.11. The highest BCUT2D eigenvalue weighted by Gasteiger charge is 2.59. The predicted octanol–water partition coefficient (Wildman–Crippen LogP) is 2.93. The first kappa shape index (κ1) is 21.4. The van der Waals surface area contributed by atoms with Gasteiger partial charge in [-0.25, -0.2) is 13.6 Å². The number of sulfonamides is 1. The highest BCUT2D eigenvalue weighted by molar-refractivity contribution is 7.89. The summed E-state index contributed by atoms with van der Waals surface area (Å²) < 4.78 is 33.9. The number of nitrogens with two attached hydrogens (primary N) is 1. The minimum atomic E-state index is -3.90. The normalized spacial score (nSPS) is 20.1. The molecule has 2 aromatic carbocycles. The number of hydrogen-bond acceptors (Lipinski definition) is 5. The molecular formula is C20H23ClN2O5S. The summed E-state index contributed by atoms with van der Waals surface area (Å²) in [5.41, 5.74) is 0.960. The van der Waals surface area contributed by atoms with E-state index >= 15 is 0 Å². The molecule has 0 bridgehead atoms. The van der Waals surface area contributed by atoms with Crippen LogP contribution in [0.1, 0.15) is 35.7 Å². The van der Waals surface area contributed by atoms with Crippen LogP contribution in [-0.2, 0) is 10.0 Å². The Bertz CT molecular complexity index is 1070. The number of benzene rings is 2. The number of carbonyl (C=O) groups is 1. The summed E-state index contributed by atoms with van der Waals surface area (Å²) in [6, 6.07) is 9.47. The van der Waals surface area contributed by atoms with Gasteiger partial charge in [-0.15, -0.1) is 0 Å². The van der Waals surface area contributed by atoms with Gasteiger partial charge >= 0.3 is 0 Å². The average molecular weight is 439 g/mol. The molecule has 1 fully saturated rings. The summed E-state index contributed by atoms with van der Waals surface area (Å²) in [5.74, 6) is 0.286. The van der Waals surface area contributed by atoms with Crippen molar-refractivity contribution in [1.82, 2.24) is 5.32 Å². The van der Waals surface area contributed by atoms with Crippen LogP contribution >= 0.6 is 11.6 Å². The molecule has 0 heterocycles. The quantitative estimate of drug-likeness (QED) is 0.720. The van der Waals surface area contributed by atoms with Crippen molar-refractivity contribution in [2.24, 2.45) is 10.6 Å². The third-order valence-corrected chi connectivity index (χ3v) is 6.56. The Labute approximate surface area is 175 Å². The Morgan fingerprint density at radius 3 is 2.34 bits per heavy atom. The molecule has 0 radical (unpaired) electrons. The van der Waals surface area contributed by atoms with Crippen LogP contribution in [0.4, 0.5) is 0 Å². The van der Waals surface area contributed by atoms with Crippen molar-refractivity contribution in [3.63, 3.8) is 0 Å². The number of carbonyl (C=O) groups excluding carboxylic acids is 1. The minimum Gasteiger partial charge on any atom is -0.496 e. The van der Waals surface area contributed by atoms with Crippen molar-refractivity contribution < 1.29 is 22.7 Å². The van der Waals surface area contributed by atoms with Gasteiger partial charge in [-0.3, -0.25) is 4.79 Å². The van der Waals surface area contributed by atoms with E-state index in [4.69, 9.17) is 26.2 Å². The molecule has 0 saturated heterocycles. The maximum absolute atomic E-state index is 12.8. The number of methoxy groups -OCH3 is 2. The smallest absolute Gasteiger partial charge is 0.255 e. The monoisotopic (exact) mass is 438 g/mol. The molecule has 1 amide bonds. The lowest BCUT2D eigenvalue weighted by atomic mass is 10.0. The van der Waals surface area contributed by atoms with Crippen LogP contribution in [0.15, 0.2) is 41.3 Å². The van der Waals surface area contributed by atoms with E-state index in [2.05, 4.69) is 5.32 Å². The van der Waals surface area contributed by atoms with Crippen molar-refractivity contribution in [1.29, 1.82) is 0 Å². The molecule has 0 spiro atoms. The molecule has 0 aliphatic heterocycles. The second-order valence-electron chi connectivity index (χ2n) is 7.55. The van der Waals surface area contributed by atoms with Crippen LogP contribution in [-0.4, -0.2) is 34.6 Å². The van der Waals surface area contributed by atoms with Crippen LogP contribution in [0.2, 0.25) is 5.02 Å². The molecule has 29 heavy (non-hydrogen) atoms. The molecule has 1 aliphatic rings. The molecule has 2 aromatic rings. The van der Waals surface area contributed by atoms with E-state index in [-0.39, 0.29) is 33.9 Å². The summed E-state index contributed by atoms with van der Waals surface area (Å²) in [4.78, 5) is 12.8. The van der Waals surface area contributed by atoms with Crippen molar-refractivity contribution in [3.8, 4) is 11.5 Å². The molecule has 0 unspecified atom stereocenters. The van der Waals surface area contributed by atoms with Crippen molar-refractivity contribution >= 4 is 27.5 Å². The van der Waals surface area contributed by atoms with Crippen molar-refractivity contribution in [2.45, 2.75) is 30.7 Å². The molecular weight excluding hydrogens is 416 g/mol. The highest BCUT2D eigenvalue weighted by Crippen LogP contribution is 2.59. The number of amides is 1. The molecule has 7 nitrogen and oxygen atoms in total. The largest absolute Gasteiger partial charge is 0.496 e. The van der Waals surface area contributed by atoms with Crippen LogP contribution in [0.25, 0.3) is 0 Å². The molecule has 0 aromatic heterocycles. The van der Waals surface area contributed by atoms with Gasteiger partial charge in [-0.2, -0.15) is 0 Å². The zero-order valence-electron chi connectivity index (χ0n) is 16.5. The standard InChI is InChI=1S/C20H23ClN2O5S/c1-20(2)17(11-5-8-16(29(22,25)26)15(9-11)28-4)18(20)23-19(24)13-10-12(21)6-7-14(13)27-3/h5-10,17-18H,1-4H3,(H,23,24)(H2,22,25,26)/t17-,18-/m0/s1.